The fourth-order valence-electron chi connectivity index (χ4n) is 2.39. The van der Waals surface area contributed by atoms with E-state index in [0.29, 0.717) is 13.0 Å². The lowest BCUT2D eigenvalue weighted by atomic mass is 9.92. The number of piperidine rings is 1. The smallest absolute Gasteiger partial charge is 0.326 e. The van der Waals surface area contributed by atoms with E-state index in [0.717, 1.165) is 24.0 Å². The molecule has 2 unspecified atom stereocenters. The predicted molar refractivity (Wildman–Crippen MR) is 78.3 cm³/mol. The number of thiophene rings is 1. The summed E-state index contributed by atoms with van der Waals surface area (Å²) < 4.78 is 23.0. The number of rotatable bonds is 3. The van der Waals surface area contributed by atoms with Crippen molar-refractivity contribution in [3.05, 3.63) is 17.0 Å². The first-order valence-corrected chi connectivity index (χ1v) is 9.24. The highest BCUT2D eigenvalue weighted by atomic mass is 32.2. The van der Waals surface area contributed by atoms with E-state index in [2.05, 4.69) is 0 Å². The van der Waals surface area contributed by atoms with Gasteiger partial charge in [0.2, 0.25) is 0 Å². The van der Waals surface area contributed by atoms with Gasteiger partial charge in [-0.15, -0.1) is 11.3 Å². The minimum Gasteiger partial charge on any atom is -0.480 e. The summed E-state index contributed by atoms with van der Waals surface area (Å²) >= 11 is 0.884. The molecule has 1 fully saturated rings. The third kappa shape index (κ3) is 3.44. The summed E-state index contributed by atoms with van der Waals surface area (Å²) in [6.45, 7) is 2.34. The maximum atomic E-state index is 12.4. The Kier molecular flexibility index (Phi) is 4.38. The molecule has 0 bridgehead atoms. The highest BCUT2D eigenvalue weighted by Crippen LogP contribution is 2.28. The molecule has 0 spiro atoms. The molecule has 2 atom stereocenters. The largest absolute Gasteiger partial charge is 0.480 e. The molecule has 1 aromatic rings. The number of carbonyl (C=O) groups excluding carboxylic acids is 1. The van der Waals surface area contributed by atoms with Crippen LogP contribution in [0, 0.1) is 5.92 Å². The van der Waals surface area contributed by atoms with Gasteiger partial charge in [-0.25, -0.2) is 13.2 Å². The highest BCUT2D eigenvalue weighted by Gasteiger charge is 2.35. The molecule has 2 rings (SSSR count). The molecular formula is C13H17NO5S2. The van der Waals surface area contributed by atoms with E-state index in [1.807, 2.05) is 6.92 Å². The van der Waals surface area contributed by atoms with Crippen LogP contribution in [-0.2, 0) is 14.6 Å². The molecule has 0 saturated carbocycles. The zero-order chi connectivity index (χ0) is 15.8. The minimum atomic E-state index is -3.35. The van der Waals surface area contributed by atoms with E-state index in [9.17, 15) is 23.1 Å². The summed E-state index contributed by atoms with van der Waals surface area (Å²) in [5, 5.41) is 9.27. The molecule has 6 nitrogen and oxygen atoms in total. The molecule has 1 amide bonds. The number of hydrogen-bond acceptors (Lipinski definition) is 5. The lowest BCUT2D eigenvalue weighted by molar-refractivity contribution is -0.144. The number of nitrogens with zero attached hydrogens (tertiary/aromatic N) is 1. The second-order valence-electron chi connectivity index (χ2n) is 5.37. The van der Waals surface area contributed by atoms with E-state index in [1.54, 1.807) is 0 Å². The third-order valence-electron chi connectivity index (χ3n) is 3.57. The fourth-order valence-corrected chi connectivity index (χ4v) is 4.28. The van der Waals surface area contributed by atoms with E-state index in [1.165, 1.54) is 17.0 Å². The fraction of sp³-hybridized carbons (Fsp3) is 0.538. The highest BCUT2D eigenvalue weighted by molar-refractivity contribution is 7.92. The SMILES string of the molecule is CC1CCN(C(=O)c2ccc(S(C)(=O)=O)s2)C(C(=O)O)C1. The number of hydrogen-bond donors (Lipinski definition) is 1. The van der Waals surface area contributed by atoms with Crippen LogP contribution < -0.4 is 0 Å². The summed E-state index contributed by atoms with van der Waals surface area (Å²) in [7, 11) is -3.35. The van der Waals surface area contributed by atoms with Crippen LogP contribution in [0.5, 0.6) is 0 Å². The zero-order valence-corrected chi connectivity index (χ0v) is 13.4. The zero-order valence-electron chi connectivity index (χ0n) is 11.8. The molecule has 21 heavy (non-hydrogen) atoms. The Balaban J connectivity index is 2.26. The number of carboxylic acids is 1. The molecular weight excluding hydrogens is 314 g/mol. The van der Waals surface area contributed by atoms with Gasteiger partial charge in [0.05, 0.1) is 4.88 Å². The molecule has 1 N–H and O–H groups in total. The van der Waals surface area contributed by atoms with Crippen molar-refractivity contribution in [3.63, 3.8) is 0 Å². The second-order valence-corrected chi connectivity index (χ2v) is 8.70. The maximum absolute atomic E-state index is 12.4. The van der Waals surface area contributed by atoms with Crippen LogP contribution in [0.2, 0.25) is 0 Å². The first-order chi connectivity index (χ1) is 9.70. The molecule has 8 heteroatoms. The van der Waals surface area contributed by atoms with Gasteiger partial charge in [0.15, 0.2) is 9.84 Å². The summed E-state index contributed by atoms with van der Waals surface area (Å²) in [6.07, 6.45) is 2.25. The van der Waals surface area contributed by atoms with Crippen molar-refractivity contribution in [1.82, 2.24) is 4.90 Å². The quantitative estimate of drug-likeness (QED) is 0.905. The maximum Gasteiger partial charge on any atom is 0.326 e. The van der Waals surface area contributed by atoms with Crippen molar-refractivity contribution in [1.29, 1.82) is 0 Å². The topological polar surface area (TPSA) is 91.8 Å². The van der Waals surface area contributed by atoms with E-state index in [4.69, 9.17) is 0 Å². The van der Waals surface area contributed by atoms with Crippen molar-refractivity contribution in [2.24, 2.45) is 5.92 Å². The minimum absolute atomic E-state index is 0.114. The average Bonchev–Trinajstić information content (AvgIpc) is 2.87. The van der Waals surface area contributed by atoms with Crippen LogP contribution in [0.4, 0.5) is 0 Å². The first kappa shape index (κ1) is 16.0. The van der Waals surface area contributed by atoms with Crippen molar-refractivity contribution in [3.8, 4) is 0 Å². The molecule has 0 radical (unpaired) electrons. The Morgan fingerprint density at radius 3 is 2.57 bits per heavy atom. The van der Waals surface area contributed by atoms with Crippen molar-refractivity contribution < 1.29 is 23.1 Å². The van der Waals surface area contributed by atoms with Crippen molar-refractivity contribution in [2.45, 2.75) is 30.0 Å². The molecule has 1 saturated heterocycles. The summed E-state index contributed by atoms with van der Waals surface area (Å²) in [5.41, 5.74) is 0. The van der Waals surface area contributed by atoms with Gasteiger partial charge in [-0.3, -0.25) is 4.79 Å². The van der Waals surface area contributed by atoms with E-state index >= 15 is 0 Å². The predicted octanol–water partition coefficient (Wildman–Crippen LogP) is 1.48. The Hall–Kier alpha value is -1.41. The van der Waals surface area contributed by atoms with Crippen molar-refractivity contribution in [2.75, 3.05) is 12.8 Å². The van der Waals surface area contributed by atoms with E-state index < -0.39 is 27.8 Å². The number of aliphatic carboxylic acids is 1. The van der Waals surface area contributed by atoms with Crippen LogP contribution in [0.15, 0.2) is 16.3 Å². The van der Waals surface area contributed by atoms with Crippen LogP contribution in [-0.4, -0.2) is 49.1 Å². The Morgan fingerprint density at radius 2 is 2.05 bits per heavy atom. The van der Waals surface area contributed by atoms with Gasteiger partial charge < -0.3 is 10.0 Å². The number of carbonyl (C=O) groups is 2. The van der Waals surface area contributed by atoms with Gasteiger partial charge in [0.25, 0.3) is 5.91 Å². The number of likely N-dealkylation sites (tertiary alicyclic amines) is 1. The lowest BCUT2D eigenvalue weighted by Crippen LogP contribution is -2.49. The lowest BCUT2D eigenvalue weighted by Gasteiger charge is -2.35. The molecule has 0 aromatic carbocycles. The Morgan fingerprint density at radius 1 is 1.38 bits per heavy atom. The standard InChI is InChI=1S/C13H17NO5S2/c1-8-5-6-14(9(7-8)13(16)17)12(15)10-3-4-11(20-10)21(2,18)19/h3-4,8-9H,5-7H2,1-2H3,(H,16,17). The van der Waals surface area contributed by atoms with Gasteiger partial charge in [0, 0.05) is 12.8 Å². The summed E-state index contributed by atoms with van der Waals surface area (Å²) in [6, 6.07) is 1.99. The number of amides is 1. The summed E-state index contributed by atoms with van der Waals surface area (Å²) in [4.78, 5) is 25.4. The van der Waals surface area contributed by atoms with Crippen LogP contribution in [0.25, 0.3) is 0 Å². The van der Waals surface area contributed by atoms with Crippen LogP contribution in [0.1, 0.15) is 29.4 Å². The second kappa shape index (κ2) is 5.76. The molecule has 1 aromatic heterocycles. The first-order valence-electron chi connectivity index (χ1n) is 6.54. The third-order valence-corrected chi connectivity index (χ3v) is 6.46. The van der Waals surface area contributed by atoms with Crippen molar-refractivity contribution >= 4 is 33.1 Å². The number of carboxylic acid groups (broad SMARTS) is 1. The van der Waals surface area contributed by atoms with Crippen LogP contribution in [0.3, 0.4) is 0 Å². The van der Waals surface area contributed by atoms with Gasteiger partial charge in [0.1, 0.15) is 10.3 Å². The molecule has 1 aliphatic rings. The normalized spacial score (nSPS) is 23.0. The number of sulfone groups is 1. The molecule has 1 aliphatic heterocycles. The Labute approximate surface area is 127 Å². The van der Waals surface area contributed by atoms with Gasteiger partial charge in [-0.1, -0.05) is 6.92 Å². The molecule has 116 valence electrons. The van der Waals surface area contributed by atoms with E-state index in [-0.39, 0.29) is 15.0 Å². The van der Waals surface area contributed by atoms with Gasteiger partial charge in [-0.05, 0) is 30.9 Å². The average molecular weight is 331 g/mol. The van der Waals surface area contributed by atoms with Gasteiger partial charge in [-0.2, -0.15) is 0 Å². The van der Waals surface area contributed by atoms with Gasteiger partial charge >= 0.3 is 5.97 Å². The Bertz CT molecular complexity index is 664. The molecule has 2 heterocycles. The monoisotopic (exact) mass is 331 g/mol. The van der Waals surface area contributed by atoms with Crippen LogP contribution >= 0.6 is 11.3 Å². The molecule has 0 aliphatic carbocycles. The summed E-state index contributed by atoms with van der Waals surface area (Å²) in [5.74, 6) is -1.17.